The van der Waals surface area contributed by atoms with Crippen molar-refractivity contribution < 1.29 is 14.8 Å². The number of carbonyl (C=O) groups excluding carboxylic acids is 2. The Morgan fingerprint density at radius 3 is 2.19 bits per heavy atom. The number of anilines is 3. The highest BCUT2D eigenvalue weighted by Crippen LogP contribution is 2.14. The van der Waals surface area contributed by atoms with Gasteiger partial charge in [0.25, 0.3) is 0 Å². The van der Waals surface area contributed by atoms with Crippen molar-refractivity contribution in [3.05, 3.63) is 0 Å². The van der Waals surface area contributed by atoms with E-state index in [0.717, 1.165) is 19.3 Å². The van der Waals surface area contributed by atoms with E-state index in [1.165, 1.54) is 0 Å². The zero-order valence-electron chi connectivity index (χ0n) is 16.6. The van der Waals surface area contributed by atoms with Gasteiger partial charge in [0.05, 0.1) is 12.5 Å². The molecule has 11 heteroatoms. The van der Waals surface area contributed by atoms with Crippen LogP contribution in [-0.4, -0.2) is 72.3 Å². The van der Waals surface area contributed by atoms with E-state index in [-0.39, 0.29) is 24.8 Å². The summed E-state index contributed by atoms with van der Waals surface area (Å²) in [5.74, 6) is 0.155. The van der Waals surface area contributed by atoms with Crippen molar-refractivity contribution in [3.8, 4) is 0 Å². The number of nitrogens with zero attached hydrogens (tertiary/aromatic N) is 6. The summed E-state index contributed by atoms with van der Waals surface area (Å²) < 4.78 is 0. The molecule has 27 heavy (non-hydrogen) atoms. The van der Waals surface area contributed by atoms with Crippen LogP contribution in [0.5, 0.6) is 0 Å². The van der Waals surface area contributed by atoms with E-state index < -0.39 is 5.92 Å². The van der Waals surface area contributed by atoms with Gasteiger partial charge in [-0.25, -0.2) is 5.06 Å². The molecular weight excluding hydrogens is 352 g/mol. The molecular formula is C16H30N8O3. The minimum atomic E-state index is -0.553. The third-order valence-corrected chi connectivity index (χ3v) is 3.77. The highest BCUT2D eigenvalue weighted by atomic mass is 16.5. The lowest BCUT2D eigenvalue weighted by Crippen LogP contribution is -2.40. The highest BCUT2D eigenvalue weighted by molar-refractivity contribution is 5.80. The largest absolute Gasteiger partial charge is 0.347 e. The van der Waals surface area contributed by atoms with Crippen molar-refractivity contribution in [2.75, 3.05) is 50.0 Å². The lowest BCUT2D eigenvalue weighted by Gasteiger charge is -2.20. The molecule has 0 saturated heterocycles. The van der Waals surface area contributed by atoms with Gasteiger partial charge in [-0.2, -0.15) is 15.0 Å². The van der Waals surface area contributed by atoms with Crippen LogP contribution in [-0.2, 0) is 9.59 Å². The monoisotopic (exact) mass is 382 g/mol. The number of rotatable bonds is 12. The molecule has 2 amide bonds. The first kappa shape index (κ1) is 22.4. The van der Waals surface area contributed by atoms with E-state index in [0.29, 0.717) is 23.4 Å². The number of aromatic nitrogens is 3. The second-order valence-electron chi connectivity index (χ2n) is 6.58. The third-order valence-electron chi connectivity index (χ3n) is 3.77. The summed E-state index contributed by atoms with van der Waals surface area (Å²) in [5, 5.41) is 9.91. The van der Waals surface area contributed by atoms with Crippen molar-refractivity contribution in [3.63, 3.8) is 0 Å². The molecule has 0 spiro atoms. The van der Waals surface area contributed by atoms with Crippen molar-refractivity contribution in [2.45, 2.75) is 32.6 Å². The molecule has 1 heterocycles. The lowest BCUT2D eigenvalue weighted by atomic mass is 10.0. The summed E-state index contributed by atoms with van der Waals surface area (Å²) in [6, 6.07) is 0. The molecule has 1 atom stereocenters. The van der Waals surface area contributed by atoms with Gasteiger partial charge in [-0.05, 0) is 6.42 Å². The van der Waals surface area contributed by atoms with Crippen LogP contribution in [0.2, 0.25) is 0 Å². The first-order chi connectivity index (χ1) is 12.8. The number of nitrogens with one attached hydrogen (secondary N) is 2. The van der Waals surface area contributed by atoms with Crippen LogP contribution in [0.15, 0.2) is 0 Å². The molecule has 11 nitrogen and oxygen atoms in total. The Balaban J connectivity index is 2.82. The van der Waals surface area contributed by atoms with Gasteiger partial charge in [-0.3, -0.25) is 25.6 Å². The maximum atomic E-state index is 12.5. The molecule has 1 aromatic heterocycles. The topological polar surface area (TPSA) is 127 Å². The van der Waals surface area contributed by atoms with Crippen LogP contribution < -0.4 is 20.7 Å². The van der Waals surface area contributed by atoms with Crippen LogP contribution in [0, 0.1) is 5.92 Å². The number of amides is 2. The normalized spacial score (nSPS) is 11.5. The van der Waals surface area contributed by atoms with Crippen LogP contribution in [0.4, 0.5) is 17.8 Å². The maximum Gasteiger partial charge on any atom is 0.248 e. The van der Waals surface area contributed by atoms with E-state index in [1.54, 1.807) is 38.0 Å². The van der Waals surface area contributed by atoms with E-state index in [9.17, 15) is 14.8 Å². The van der Waals surface area contributed by atoms with Gasteiger partial charge in [0, 0.05) is 28.2 Å². The fraction of sp³-hybridized carbons (Fsp3) is 0.688. The van der Waals surface area contributed by atoms with Crippen molar-refractivity contribution in [2.24, 2.45) is 5.92 Å². The minimum Gasteiger partial charge on any atom is -0.347 e. The fourth-order valence-corrected chi connectivity index (χ4v) is 2.24. The van der Waals surface area contributed by atoms with E-state index in [4.69, 9.17) is 0 Å². The van der Waals surface area contributed by atoms with Gasteiger partial charge in [0.15, 0.2) is 0 Å². The summed E-state index contributed by atoms with van der Waals surface area (Å²) in [5.41, 5.74) is 5.25. The molecule has 1 aromatic rings. The Bertz CT molecular complexity index is 585. The molecule has 152 valence electrons. The van der Waals surface area contributed by atoms with Crippen LogP contribution in [0.3, 0.4) is 0 Å². The van der Waals surface area contributed by atoms with Gasteiger partial charge in [0.1, 0.15) is 0 Å². The van der Waals surface area contributed by atoms with Crippen molar-refractivity contribution in [1.82, 2.24) is 25.4 Å². The van der Waals surface area contributed by atoms with E-state index in [1.807, 2.05) is 0 Å². The van der Waals surface area contributed by atoms with Crippen LogP contribution in [0.25, 0.3) is 0 Å². The molecule has 0 aromatic carbocycles. The summed E-state index contributed by atoms with van der Waals surface area (Å²) in [6.45, 7) is 1.98. The van der Waals surface area contributed by atoms with Gasteiger partial charge >= 0.3 is 0 Å². The molecule has 0 bridgehead atoms. The second-order valence-corrected chi connectivity index (χ2v) is 6.58. The van der Waals surface area contributed by atoms with Crippen molar-refractivity contribution in [1.29, 1.82) is 0 Å². The number of hydrogen-bond acceptors (Lipinski definition) is 9. The van der Waals surface area contributed by atoms with E-state index >= 15 is 0 Å². The highest BCUT2D eigenvalue weighted by Gasteiger charge is 2.21. The van der Waals surface area contributed by atoms with Crippen LogP contribution >= 0.6 is 0 Å². The fourth-order valence-electron chi connectivity index (χ4n) is 2.24. The Hall–Kier alpha value is -2.69. The standard InChI is InChI=1S/C16H30N8O3/c1-6-7-8-9-12(10-24(27)11-25)13(26)20-21-14-17-15(22(2)3)19-16(18-14)23(4)5/h11-12,27H,6-10H2,1-5H3,(H,20,26)(H,17,18,19,21)/t12-/m1/s1. The summed E-state index contributed by atoms with van der Waals surface area (Å²) in [6.07, 6.45) is 3.63. The number of hydrazine groups is 1. The summed E-state index contributed by atoms with van der Waals surface area (Å²) >= 11 is 0. The molecule has 3 N–H and O–H groups in total. The summed E-state index contributed by atoms with van der Waals surface area (Å²) in [4.78, 5) is 39.4. The predicted molar refractivity (Wildman–Crippen MR) is 102 cm³/mol. The smallest absolute Gasteiger partial charge is 0.248 e. The summed E-state index contributed by atoms with van der Waals surface area (Å²) in [7, 11) is 7.21. The minimum absolute atomic E-state index is 0.0795. The van der Waals surface area contributed by atoms with Crippen molar-refractivity contribution >= 4 is 30.2 Å². The average molecular weight is 382 g/mol. The first-order valence-corrected chi connectivity index (χ1v) is 8.85. The molecule has 1 rings (SSSR count). The van der Waals surface area contributed by atoms with Gasteiger partial charge in [0.2, 0.25) is 30.2 Å². The number of unbranched alkanes of at least 4 members (excludes halogenated alkanes) is 2. The number of carbonyl (C=O) groups is 2. The molecule has 0 aliphatic carbocycles. The molecule has 0 aliphatic heterocycles. The van der Waals surface area contributed by atoms with Gasteiger partial charge in [-0.15, -0.1) is 0 Å². The zero-order chi connectivity index (χ0) is 20.4. The molecule has 0 unspecified atom stereocenters. The van der Waals surface area contributed by atoms with Gasteiger partial charge in [-0.1, -0.05) is 26.2 Å². The quantitative estimate of drug-likeness (QED) is 0.205. The zero-order valence-corrected chi connectivity index (χ0v) is 16.6. The predicted octanol–water partition coefficient (Wildman–Crippen LogP) is 0.491. The average Bonchev–Trinajstić information content (AvgIpc) is 2.64. The van der Waals surface area contributed by atoms with Crippen LogP contribution in [0.1, 0.15) is 32.6 Å². The maximum absolute atomic E-state index is 12.5. The SMILES string of the molecule is CCCCC[C@H](CN(O)C=O)C(=O)NNc1nc(N(C)C)nc(N(C)C)n1. The number of hydroxylamine groups is 2. The Labute approximate surface area is 159 Å². The number of hydrogen-bond donors (Lipinski definition) is 3. The molecule has 0 radical (unpaired) electrons. The molecule has 0 aliphatic rings. The Kier molecular flexibility index (Phi) is 9.20. The third kappa shape index (κ3) is 7.60. The first-order valence-electron chi connectivity index (χ1n) is 8.85. The lowest BCUT2D eigenvalue weighted by molar-refractivity contribution is -0.154. The van der Waals surface area contributed by atoms with Gasteiger partial charge < -0.3 is 9.80 Å². The van der Waals surface area contributed by atoms with E-state index in [2.05, 4.69) is 32.7 Å². The second kappa shape index (κ2) is 11.1. The molecule has 0 saturated carbocycles. The Morgan fingerprint density at radius 1 is 1.11 bits per heavy atom. The Morgan fingerprint density at radius 2 is 1.70 bits per heavy atom. The molecule has 0 fully saturated rings.